The topological polar surface area (TPSA) is 89.7 Å². The fourth-order valence-electron chi connectivity index (χ4n) is 2.99. The lowest BCUT2D eigenvalue weighted by Crippen LogP contribution is -2.51. The van der Waals surface area contributed by atoms with Crippen LogP contribution >= 0.6 is 22.7 Å². The number of rotatable bonds is 6. The molecule has 142 valence electrons. The largest absolute Gasteiger partial charge is 0.452 e. The quantitative estimate of drug-likeness (QED) is 0.592. The number of hydrogen-bond donors (Lipinski definition) is 1. The Morgan fingerprint density at radius 2 is 1.96 bits per heavy atom. The third-order valence-electron chi connectivity index (χ3n) is 4.31. The molecular formula is C19H20N2O4S2. The third kappa shape index (κ3) is 4.84. The van der Waals surface area contributed by atoms with E-state index >= 15 is 0 Å². The average Bonchev–Trinajstić information content (AvgIpc) is 3.37. The maximum absolute atomic E-state index is 12.6. The summed E-state index contributed by atoms with van der Waals surface area (Å²) in [7, 11) is 0. The number of nitrogens with zero attached hydrogens (tertiary/aromatic N) is 1. The van der Waals surface area contributed by atoms with Gasteiger partial charge in [0.15, 0.2) is 6.61 Å². The Hall–Kier alpha value is -2.45. The molecule has 6 nitrogen and oxygen atoms in total. The van der Waals surface area contributed by atoms with Crippen molar-refractivity contribution >= 4 is 52.1 Å². The first-order valence-corrected chi connectivity index (χ1v) is 10.4. The van der Waals surface area contributed by atoms with Crippen LogP contribution in [0.4, 0.5) is 0 Å². The zero-order valence-corrected chi connectivity index (χ0v) is 16.3. The first-order valence-electron chi connectivity index (χ1n) is 8.61. The Bertz CT molecular complexity index is 828. The van der Waals surface area contributed by atoms with Crippen LogP contribution < -0.4 is 5.73 Å². The van der Waals surface area contributed by atoms with Crippen LogP contribution in [0, 0.1) is 0 Å². The van der Waals surface area contributed by atoms with Crippen molar-refractivity contribution in [1.29, 1.82) is 0 Å². The number of piperidine rings is 1. The summed E-state index contributed by atoms with van der Waals surface area (Å²) in [6.45, 7) is 0.0442. The second-order valence-electron chi connectivity index (χ2n) is 6.13. The summed E-state index contributed by atoms with van der Waals surface area (Å²) in [5.41, 5.74) is 5.80. The van der Waals surface area contributed by atoms with E-state index < -0.39 is 30.4 Å². The highest BCUT2D eigenvalue weighted by atomic mass is 32.1. The lowest BCUT2D eigenvalue weighted by molar-refractivity contribution is -0.151. The number of ether oxygens (including phenoxy) is 1. The number of likely N-dealkylation sites (tertiary alicyclic amines) is 1. The van der Waals surface area contributed by atoms with E-state index in [1.807, 2.05) is 35.0 Å². The van der Waals surface area contributed by atoms with Gasteiger partial charge in [-0.15, -0.1) is 22.7 Å². The van der Waals surface area contributed by atoms with Gasteiger partial charge in [-0.1, -0.05) is 12.1 Å². The Morgan fingerprint density at radius 1 is 1.19 bits per heavy atom. The van der Waals surface area contributed by atoms with E-state index in [2.05, 4.69) is 0 Å². The Balaban J connectivity index is 1.69. The van der Waals surface area contributed by atoms with E-state index in [1.54, 1.807) is 6.08 Å². The van der Waals surface area contributed by atoms with E-state index in [0.29, 0.717) is 18.5 Å². The highest BCUT2D eigenvalue weighted by Crippen LogP contribution is 2.26. The summed E-state index contributed by atoms with van der Waals surface area (Å²) in [5, 5.41) is 3.80. The van der Waals surface area contributed by atoms with Crippen molar-refractivity contribution in [2.45, 2.75) is 25.3 Å². The zero-order valence-electron chi connectivity index (χ0n) is 14.6. The van der Waals surface area contributed by atoms with Crippen LogP contribution in [0.3, 0.4) is 0 Å². The van der Waals surface area contributed by atoms with Gasteiger partial charge in [-0.3, -0.25) is 9.59 Å². The molecule has 1 aliphatic rings. The molecule has 0 unspecified atom stereocenters. The van der Waals surface area contributed by atoms with E-state index in [0.717, 1.165) is 22.6 Å². The molecule has 1 atom stereocenters. The number of carbonyl (C=O) groups excluding carboxylic acids is 3. The number of hydrogen-bond acceptors (Lipinski definition) is 6. The van der Waals surface area contributed by atoms with Crippen molar-refractivity contribution in [2.75, 3.05) is 13.2 Å². The van der Waals surface area contributed by atoms with Crippen molar-refractivity contribution < 1.29 is 19.1 Å². The molecule has 0 aromatic carbocycles. The second-order valence-corrected chi connectivity index (χ2v) is 8.05. The molecule has 2 aromatic heterocycles. The summed E-state index contributed by atoms with van der Waals surface area (Å²) in [4.78, 5) is 39.8. The summed E-state index contributed by atoms with van der Waals surface area (Å²) in [5.74, 6) is -1.48. The molecule has 2 aromatic rings. The molecule has 0 spiro atoms. The summed E-state index contributed by atoms with van der Waals surface area (Å²) < 4.78 is 5.28. The van der Waals surface area contributed by atoms with Gasteiger partial charge in [0.25, 0.3) is 5.91 Å². The van der Waals surface area contributed by atoms with Crippen molar-refractivity contribution in [3.63, 3.8) is 0 Å². The van der Waals surface area contributed by atoms with Crippen molar-refractivity contribution in [2.24, 2.45) is 5.73 Å². The molecule has 1 fully saturated rings. The smallest absolute Gasteiger partial charge is 0.340 e. The highest BCUT2D eigenvalue weighted by molar-refractivity contribution is 7.12. The third-order valence-corrected chi connectivity index (χ3v) is 6.04. The van der Waals surface area contributed by atoms with Crippen LogP contribution in [0.25, 0.3) is 11.6 Å². The molecule has 0 saturated carbocycles. The molecule has 0 radical (unpaired) electrons. The van der Waals surface area contributed by atoms with Gasteiger partial charge in [0.1, 0.15) is 6.04 Å². The fourth-order valence-corrected chi connectivity index (χ4v) is 4.38. The lowest BCUT2D eigenvalue weighted by atomic mass is 10.0. The van der Waals surface area contributed by atoms with Crippen LogP contribution in [-0.2, 0) is 19.1 Å². The van der Waals surface area contributed by atoms with Gasteiger partial charge in [0, 0.05) is 16.3 Å². The van der Waals surface area contributed by atoms with Crippen molar-refractivity contribution in [3.05, 3.63) is 44.8 Å². The fraction of sp³-hybridized carbons (Fsp3) is 0.316. The van der Waals surface area contributed by atoms with E-state index in [-0.39, 0.29) is 0 Å². The molecule has 8 heteroatoms. The highest BCUT2D eigenvalue weighted by Gasteiger charge is 2.31. The Labute approximate surface area is 165 Å². The molecule has 3 rings (SSSR count). The molecule has 0 aliphatic carbocycles. The molecular weight excluding hydrogens is 384 g/mol. The molecule has 27 heavy (non-hydrogen) atoms. The van der Waals surface area contributed by atoms with Crippen LogP contribution in [0.5, 0.6) is 0 Å². The van der Waals surface area contributed by atoms with Gasteiger partial charge in [-0.25, -0.2) is 4.79 Å². The molecule has 1 aliphatic heterocycles. The van der Waals surface area contributed by atoms with E-state index in [4.69, 9.17) is 10.5 Å². The van der Waals surface area contributed by atoms with Gasteiger partial charge in [-0.05, 0) is 48.2 Å². The Kier molecular flexibility index (Phi) is 6.41. The predicted octanol–water partition coefficient (Wildman–Crippen LogP) is 2.76. The van der Waals surface area contributed by atoms with Crippen LogP contribution in [-0.4, -0.2) is 41.9 Å². The number of amides is 2. The van der Waals surface area contributed by atoms with E-state index in [9.17, 15) is 14.4 Å². The number of primary amides is 1. The summed E-state index contributed by atoms with van der Waals surface area (Å²) in [6, 6.07) is 6.87. The van der Waals surface area contributed by atoms with Gasteiger partial charge in [0.2, 0.25) is 5.91 Å². The minimum atomic E-state index is -0.622. The predicted molar refractivity (Wildman–Crippen MR) is 106 cm³/mol. The summed E-state index contributed by atoms with van der Waals surface area (Å²) in [6.07, 6.45) is 3.97. The van der Waals surface area contributed by atoms with Crippen molar-refractivity contribution in [1.82, 2.24) is 4.90 Å². The minimum absolute atomic E-state index is 0.395. The first-order chi connectivity index (χ1) is 13.1. The molecule has 2 N–H and O–H groups in total. The lowest BCUT2D eigenvalue weighted by Gasteiger charge is -2.33. The van der Waals surface area contributed by atoms with E-state index in [1.165, 1.54) is 27.6 Å². The van der Waals surface area contributed by atoms with Gasteiger partial charge >= 0.3 is 5.97 Å². The van der Waals surface area contributed by atoms with Crippen molar-refractivity contribution in [3.8, 4) is 0 Å². The standard InChI is InChI=1S/C19H20N2O4S2/c20-18(23)15-6-1-2-8-21(15)17(22)12-25-19(24)14(16-7-4-10-27-16)11-13-5-3-9-26-13/h3-5,7,9-11,15H,1-2,6,8,12H2,(H2,20,23)/b14-11+/t15-/m1/s1. The molecule has 2 amide bonds. The van der Waals surface area contributed by atoms with Crippen LogP contribution in [0.15, 0.2) is 35.0 Å². The Morgan fingerprint density at radius 3 is 2.63 bits per heavy atom. The zero-order chi connectivity index (χ0) is 19.2. The normalized spacial score (nSPS) is 17.6. The monoisotopic (exact) mass is 404 g/mol. The van der Waals surface area contributed by atoms with Gasteiger partial charge in [-0.2, -0.15) is 0 Å². The average molecular weight is 405 g/mol. The SMILES string of the molecule is NC(=O)[C@H]1CCCCN1C(=O)COC(=O)/C(=C/c1cccs1)c1cccs1. The number of carbonyl (C=O) groups is 3. The number of esters is 1. The maximum atomic E-state index is 12.6. The molecule has 0 bridgehead atoms. The maximum Gasteiger partial charge on any atom is 0.340 e. The van der Waals surface area contributed by atoms with Gasteiger partial charge < -0.3 is 15.4 Å². The van der Waals surface area contributed by atoms with Crippen LogP contribution in [0.2, 0.25) is 0 Å². The van der Waals surface area contributed by atoms with Crippen LogP contribution in [0.1, 0.15) is 29.0 Å². The van der Waals surface area contributed by atoms with Gasteiger partial charge in [0.05, 0.1) is 5.57 Å². The second kappa shape index (κ2) is 8.96. The summed E-state index contributed by atoms with van der Waals surface area (Å²) >= 11 is 2.94. The first kappa shape index (κ1) is 19.3. The number of thiophene rings is 2. The number of nitrogens with two attached hydrogens (primary N) is 1. The molecule has 3 heterocycles. The molecule has 1 saturated heterocycles. The minimum Gasteiger partial charge on any atom is -0.452 e.